The summed E-state index contributed by atoms with van der Waals surface area (Å²) in [6, 6.07) is 16.9. The molecule has 0 bridgehead atoms. The number of carbonyl (C=O) groups is 2. The highest BCUT2D eigenvalue weighted by molar-refractivity contribution is 8.01. The predicted octanol–water partition coefficient (Wildman–Crippen LogP) is 6.00. The molecular weight excluding hydrogens is 503 g/mol. The van der Waals surface area contributed by atoms with Crippen molar-refractivity contribution in [3.05, 3.63) is 89.0 Å². The lowest BCUT2D eigenvalue weighted by Gasteiger charge is -2.33. The molecular formula is C27H24F3N3O3S. The minimum absolute atomic E-state index is 0.0615. The molecule has 10 heteroatoms. The van der Waals surface area contributed by atoms with E-state index in [9.17, 15) is 22.8 Å². The van der Waals surface area contributed by atoms with Gasteiger partial charge in [-0.25, -0.2) is 4.79 Å². The van der Waals surface area contributed by atoms with Crippen molar-refractivity contribution in [2.75, 3.05) is 29.6 Å². The number of urea groups is 1. The van der Waals surface area contributed by atoms with Crippen LogP contribution in [0.15, 0.2) is 66.7 Å². The summed E-state index contributed by atoms with van der Waals surface area (Å²) in [5, 5.41) is 2.89. The van der Waals surface area contributed by atoms with Crippen LogP contribution >= 0.6 is 11.8 Å². The van der Waals surface area contributed by atoms with Crippen LogP contribution in [0.25, 0.3) is 0 Å². The Morgan fingerprint density at radius 3 is 2.43 bits per heavy atom. The van der Waals surface area contributed by atoms with Crippen molar-refractivity contribution in [2.45, 2.75) is 24.5 Å². The lowest BCUT2D eigenvalue weighted by molar-refractivity contribution is -0.137. The summed E-state index contributed by atoms with van der Waals surface area (Å²) in [6.07, 6.45) is -4.44. The zero-order valence-corrected chi connectivity index (χ0v) is 20.9. The summed E-state index contributed by atoms with van der Waals surface area (Å²) in [7, 11) is 1.52. The molecule has 1 atom stereocenters. The highest BCUT2D eigenvalue weighted by Crippen LogP contribution is 2.55. The number of nitrogens with one attached hydrogen (secondary N) is 1. The van der Waals surface area contributed by atoms with Gasteiger partial charge < -0.3 is 15.0 Å². The van der Waals surface area contributed by atoms with Gasteiger partial charge in [0.05, 0.1) is 24.9 Å². The number of ether oxygens (including phenoxy) is 1. The molecule has 3 amide bonds. The maximum Gasteiger partial charge on any atom is 0.416 e. The number of halogens is 3. The first-order valence-corrected chi connectivity index (χ1v) is 12.6. The molecule has 3 aromatic rings. The number of rotatable bonds is 4. The highest BCUT2D eigenvalue weighted by Gasteiger charge is 2.59. The van der Waals surface area contributed by atoms with Gasteiger partial charge in [-0.2, -0.15) is 13.2 Å². The molecule has 0 saturated carbocycles. The molecule has 5 rings (SSSR count). The second-order valence-corrected chi connectivity index (χ2v) is 10.2. The van der Waals surface area contributed by atoms with Crippen molar-refractivity contribution >= 4 is 35.1 Å². The third-order valence-electron chi connectivity index (χ3n) is 6.57. The fraction of sp³-hybridized carbons (Fsp3) is 0.259. The summed E-state index contributed by atoms with van der Waals surface area (Å²) in [5.41, 5.74) is 2.66. The van der Waals surface area contributed by atoms with Gasteiger partial charge in [0.25, 0.3) is 5.91 Å². The highest BCUT2D eigenvalue weighted by atomic mass is 32.2. The monoisotopic (exact) mass is 527 g/mol. The van der Waals surface area contributed by atoms with Crippen molar-refractivity contribution in [2.24, 2.45) is 0 Å². The second kappa shape index (κ2) is 9.33. The number of benzene rings is 3. The van der Waals surface area contributed by atoms with Gasteiger partial charge in [-0.1, -0.05) is 29.8 Å². The largest absolute Gasteiger partial charge is 0.497 e. The number of nitrogens with zero attached hydrogens (tertiary/aromatic N) is 2. The first-order chi connectivity index (χ1) is 17.6. The molecule has 1 N–H and O–H groups in total. The van der Waals surface area contributed by atoms with E-state index in [0.29, 0.717) is 40.5 Å². The molecule has 0 aliphatic carbocycles. The number of thioether (sulfide) groups is 1. The summed E-state index contributed by atoms with van der Waals surface area (Å²) in [5.74, 6) is 0.753. The Morgan fingerprint density at radius 2 is 1.78 bits per heavy atom. The normalized spacial score (nSPS) is 18.9. The molecule has 1 saturated heterocycles. The molecule has 2 aliphatic rings. The number of anilines is 2. The predicted molar refractivity (Wildman–Crippen MR) is 137 cm³/mol. The van der Waals surface area contributed by atoms with E-state index >= 15 is 0 Å². The maximum absolute atomic E-state index is 14.1. The van der Waals surface area contributed by atoms with Crippen LogP contribution in [0.2, 0.25) is 0 Å². The van der Waals surface area contributed by atoms with Crippen LogP contribution in [-0.2, 0) is 22.4 Å². The summed E-state index contributed by atoms with van der Waals surface area (Å²) < 4.78 is 44.5. The van der Waals surface area contributed by atoms with Crippen molar-refractivity contribution < 1.29 is 27.5 Å². The van der Waals surface area contributed by atoms with Gasteiger partial charge in [0, 0.05) is 23.5 Å². The number of alkyl halides is 3. The number of amides is 3. The SMILES string of the molecule is COc1ccc2c(c1)C1(SCCN1C(=O)Nc1ccc(C)cc1)C(=O)N2Cc1ccc(C(F)(F)F)cc1. The van der Waals surface area contributed by atoms with Gasteiger partial charge >= 0.3 is 12.2 Å². The van der Waals surface area contributed by atoms with Crippen molar-refractivity contribution in [3.63, 3.8) is 0 Å². The van der Waals surface area contributed by atoms with Crippen LogP contribution in [0, 0.1) is 6.92 Å². The van der Waals surface area contributed by atoms with Crippen LogP contribution in [0.3, 0.4) is 0 Å². The molecule has 0 aromatic heterocycles. The topological polar surface area (TPSA) is 61.9 Å². The smallest absolute Gasteiger partial charge is 0.416 e. The number of aryl methyl sites for hydroxylation is 1. The van der Waals surface area contributed by atoms with E-state index in [2.05, 4.69) is 5.32 Å². The molecule has 2 heterocycles. The van der Waals surface area contributed by atoms with Crippen LogP contribution in [-0.4, -0.2) is 36.2 Å². The first kappa shape index (κ1) is 25.0. The van der Waals surface area contributed by atoms with E-state index in [0.717, 1.165) is 17.7 Å². The Hall–Kier alpha value is -3.66. The Bertz CT molecular complexity index is 1350. The van der Waals surface area contributed by atoms with E-state index in [-0.39, 0.29) is 12.5 Å². The Kier molecular flexibility index (Phi) is 6.31. The molecule has 0 radical (unpaired) electrons. The van der Waals surface area contributed by atoms with E-state index in [1.54, 1.807) is 30.3 Å². The van der Waals surface area contributed by atoms with Gasteiger partial charge in [-0.3, -0.25) is 9.69 Å². The minimum Gasteiger partial charge on any atom is -0.497 e. The Balaban J connectivity index is 1.50. The Morgan fingerprint density at radius 1 is 1.08 bits per heavy atom. The van der Waals surface area contributed by atoms with Crippen LogP contribution < -0.4 is 15.0 Å². The average molecular weight is 528 g/mol. The molecule has 2 aliphatic heterocycles. The van der Waals surface area contributed by atoms with Gasteiger partial charge in [0.2, 0.25) is 0 Å². The van der Waals surface area contributed by atoms with E-state index in [1.807, 2.05) is 19.1 Å². The van der Waals surface area contributed by atoms with Crippen molar-refractivity contribution in [1.29, 1.82) is 0 Å². The Labute approximate surface area is 216 Å². The summed E-state index contributed by atoms with van der Waals surface area (Å²) in [4.78, 5) is 29.3. The van der Waals surface area contributed by atoms with Crippen LogP contribution in [0.1, 0.15) is 22.3 Å². The lowest BCUT2D eigenvalue weighted by Crippen LogP contribution is -2.51. The van der Waals surface area contributed by atoms with Crippen molar-refractivity contribution in [1.82, 2.24) is 4.90 Å². The zero-order valence-electron chi connectivity index (χ0n) is 20.1. The maximum atomic E-state index is 14.1. The third kappa shape index (κ3) is 4.39. The third-order valence-corrected chi connectivity index (χ3v) is 7.99. The fourth-order valence-corrected chi connectivity index (χ4v) is 6.14. The van der Waals surface area contributed by atoms with Gasteiger partial charge in [0.15, 0.2) is 4.87 Å². The van der Waals surface area contributed by atoms with E-state index in [4.69, 9.17) is 4.74 Å². The number of fused-ring (bicyclic) bond motifs is 2. The molecule has 1 spiro atoms. The number of hydrogen-bond donors (Lipinski definition) is 1. The van der Waals surface area contributed by atoms with Gasteiger partial charge in [-0.15, -0.1) is 11.8 Å². The molecule has 192 valence electrons. The molecule has 6 nitrogen and oxygen atoms in total. The first-order valence-electron chi connectivity index (χ1n) is 11.6. The summed E-state index contributed by atoms with van der Waals surface area (Å²) >= 11 is 1.36. The number of hydrogen-bond acceptors (Lipinski definition) is 4. The quantitative estimate of drug-likeness (QED) is 0.452. The molecule has 1 fully saturated rings. The molecule has 37 heavy (non-hydrogen) atoms. The fourth-order valence-electron chi connectivity index (χ4n) is 4.69. The van der Waals surface area contributed by atoms with Gasteiger partial charge in [0.1, 0.15) is 5.75 Å². The van der Waals surface area contributed by atoms with Gasteiger partial charge in [-0.05, 0) is 55.0 Å². The van der Waals surface area contributed by atoms with E-state index < -0.39 is 22.6 Å². The van der Waals surface area contributed by atoms with Crippen LogP contribution in [0.5, 0.6) is 5.75 Å². The van der Waals surface area contributed by atoms with Crippen molar-refractivity contribution in [3.8, 4) is 5.75 Å². The summed E-state index contributed by atoms with van der Waals surface area (Å²) in [6.45, 7) is 2.36. The molecule has 1 unspecified atom stereocenters. The minimum atomic E-state index is -4.44. The number of carbonyl (C=O) groups excluding carboxylic acids is 2. The van der Waals surface area contributed by atoms with E-state index in [1.165, 1.54) is 40.8 Å². The standard InChI is InChI=1S/C27H24F3N3O3S/c1-17-3-9-20(10-4-17)31-25(35)33-13-14-37-26(33)22-15-21(36-2)11-12-23(22)32(24(26)34)16-18-5-7-19(8-6-18)27(28,29)30/h3-12,15H,13-14,16H2,1-2H3,(H,31,35). The molecule has 3 aromatic carbocycles. The zero-order chi connectivity index (χ0) is 26.4. The average Bonchev–Trinajstić information content (AvgIpc) is 3.42. The second-order valence-electron chi connectivity index (χ2n) is 8.91. The number of methoxy groups -OCH3 is 1. The van der Waals surface area contributed by atoms with Crippen LogP contribution in [0.4, 0.5) is 29.3 Å². The lowest BCUT2D eigenvalue weighted by atomic mass is 10.1.